The van der Waals surface area contributed by atoms with Gasteiger partial charge in [-0.3, -0.25) is 0 Å². The molecule has 0 amide bonds. The van der Waals surface area contributed by atoms with Crippen LogP contribution in [0.2, 0.25) is 5.02 Å². The van der Waals surface area contributed by atoms with Crippen molar-refractivity contribution in [2.45, 2.75) is 6.92 Å². The summed E-state index contributed by atoms with van der Waals surface area (Å²) in [6.07, 6.45) is 0. The van der Waals surface area contributed by atoms with Crippen LogP contribution in [0.5, 0.6) is 11.5 Å². The van der Waals surface area contributed by atoms with E-state index in [2.05, 4.69) is 20.6 Å². The smallest absolute Gasteiger partial charge is 0.146 e. The number of anilines is 4. The van der Waals surface area contributed by atoms with Crippen LogP contribution in [0, 0.1) is 12.7 Å². The number of ether oxygens (including phenoxy) is 2. The lowest BCUT2D eigenvalue weighted by Crippen LogP contribution is -2.02. The molecule has 0 radical (unpaired) electrons. The molecule has 0 aliphatic rings. The van der Waals surface area contributed by atoms with Gasteiger partial charge in [0.15, 0.2) is 0 Å². The molecule has 3 rings (SSSR count). The lowest BCUT2D eigenvalue weighted by molar-refractivity contribution is 0.395. The van der Waals surface area contributed by atoms with Crippen LogP contribution in [0.1, 0.15) is 5.82 Å². The standard InChI is InChI=1S/C19H18ClFN4O2/c1-11-22-18(24-12-4-6-15(21)14(20)8-12)10-19(23-11)25-16-7-5-13(26-2)9-17(16)27-3/h4-10H,1-3H3,(H2,22,23,24,25). The Labute approximate surface area is 161 Å². The molecule has 0 aliphatic heterocycles. The molecule has 1 heterocycles. The maximum Gasteiger partial charge on any atom is 0.146 e. The molecule has 0 spiro atoms. The minimum atomic E-state index is -0.477. The van der Waals surface area contributed by atoms with Gasteiger partial charge in [-0.2, -0.15) is 0 Å². The first-order valence-electron chi connectivity index (χ1n) is 8.05. The van der Waals surface area contributed by atoms with Crippen molar-refractivity contribution in [1.29, 1.82) is 0 Å². The van der Waals surface area contributed by atoms with Crippen LogP contribution in [0.4, 0.5) is 27.4 Å². The SMILES string of the molecule is COc1ccc(Nc2cc(Nc3ccc(F)c(Cl)c3)nc(C)n2)c(OC)c1. The average Bonchev–Trinajstić information content (AvgIpc) is 2.64. The molecule has 2 aromatic carbocycles. The fourth-order valence-electron chi connectivity index (χ4n) is 2.46. The minimum absolute atomic E-state index is 0.0343. The van der Waals surface area contributed by atoms with Crippen molar-refractivity contribution in [3.8, 4) is 11.5 Å². The highest BCUT2D eigenvalue weighted by atomic mass is 35.5. The van der Waals surface area contributed by atoms with Gasteiger partial charge in [0.1, 0.15) is 34.8 Å². The van der Waals surface area contributed by atoms with Crippen molar-refractivity contribution >= 4 is 34.6 Å². The minimum Gasteiger partial charge on any atom is -0.497 e. The second-order valence-electron chi connectivity index (χ2n) is 5.63. The summed E-state index contributed by atoms with van der Waals surface area (Å²) in [6.45, 7) is 1.78. The highest BCUT2D eigenvalue weighted by Gasteiger charge is 2.09. The summed E-state index contributed by atoms with van der Waals surface area (Å²) >= 11 is 5.82. The van der Waals surface area contributed by atoms with Gasteiger partial charge in [-0.25, -0.2) is 14.4 Å². The molecule has 0 unspecified atom stereocenters. The molecule has 0 saturated heterocycles. The first-order chi connectivity index (χ1) is 13.0. The van der Waals surface area contributed by atoms with Gasteiger partial charge in [0.05, 0.1) is 24.9 Å². The van der Waals surface area contributed by atoms with Gasteiger partial charge in [0, 0.05) is 17.8 Å². The van der Waals surface area contributed by atoms with Gasteiger partial charge in [0.2, 0.25) is 0 Å². The molecule has 0 saturated carbocycles. The van der Waals surface area contributed by atoms with E-state index in [0.717, 1.165) is 5.69 Å². The maximum absolute atomic E-state index is 13.3. The van der Waals surface area contributed by atoms with Gasteiger partial charge in [-0.1, -0.05) is 11.6 Å². The third-order valence-corrected chi connectivity index (χ3v) is 3.99. The second-order valence-corrected chi connectivity index (χ2v) is 6.04. The summed E-state index contributed by atoms with van der Waals surface area (Å²) < 4.78 is 23.9. The van der Waals surface area contributed by atoms with E-state index in [1.807, 2.05) is 12.1 Å². The van der Waals surface area contributed by atoms with Gasteiger partial charge in [0.25, 0.3) is 0 Å². The highest BCUT2D eigenvalue weighted by Crippen LogP contribution is 2.31. The predicted molar refractivity (Wildman–Crippen MR) is 104 cm³/mol. The monoisotopic (exact) mass is 388 g/mol. The van der Waals surface area contributed by atoms with Crippen molar-refractivity contribution in [1.82, 2.24) is 9.97 Å². The van der Waals surface area contributed by atoms with Crippen molar-refractivity contribution in [2.24, 2.45) is 0 Å². The van der Waals surface area contributed by atoms with Crippen LogP contribution in [0.3, 0.4) is 0 Å². The number of hydrogen-bond acceptors (Lipinski definition) is 6. The quantitative estimate of drug-likeness (QED) is 0.613. The van der Waals surface area contributed by atoms with Gasteiger partial charge in [-0.15, -0.1) is 0 Å². The fraction of sp³-hybridized carbons (Fsp3) is 0.158. The van der Waals surface area contributed by atoms with Gasteiger partial charge < -0.3 is 20.1 Å². The number of nitrogens with zero attached hydrogens (tertiary/aromatic N) is 2. The Morgan fingerprint density at radius 2 is 1.67 bits per heavy atom. The topological polar surface area (TPSA) is 68.3 Å². The van der Waals surface area contributed by atoms with E-state index in [0.29, 0.717) is 34.6 Å². The predicted octanol–water partition coefficient (Wildman–Crippen LogP) is 5.08. The lowest BCUT2D eigenvalue weighted by Gasteiger charge is -2.13. The van der Waals surface area contributed by atoms with Gasteiger partial charge in [-0.05, 0) is 37.3 Å². The number of methoxy groups -OCH3 is 2. The molecule has 6 nitrogen and oxygen atoms in total. The molecule has 27 heavy (non-hydrogen) atoms. The Morgan fingerprint density at radius 3 is 2.33 bits per heavy atom. The fourth-order valence-corrected chi connectivity index (χ4v) is 2.64. The van der Waals surface area contributed by atoms with Crippen molar-refractivity contribution in [3.05, 3.63) is 59.1 Å². The largest absolute Gasteiger partial charge is 0.497 e. The molecule has 0 atom stereocenters. The van der Waals surface area contributed by atoms with Crippen LogP contribution in [-0.2, 0) is 0 Å². The molecule has 2 N–H and O–H groups in total. The zero-order chi connectivity index (χ0) is 19.4. The maximum atomic E-state index is 13.3. The van der Waals surface area contributed by atoms with E-state index >= 15 is 0 Å². The third kappa shape index (κ3) is 4.57. The molecule has 0 aliphatic carbocycles. The number of benzene rings is 2. The number of aromatic nitrogens is 2. The summed E-state index contributed by atoms with van der Waals surface area (Å²) in [6, 6.07) is 11.5. The zero-order valence-corrected chi connectivity index (χ0v) is 15.8. The molecule has 3 aromatic rings. The molecule has 8 heteroatoms. The van der Waals surface area contributed by atoms with Crippen LogP contribution < -0.4 is 20.1 Å². The van der Waals surface area contributed by atoms with E-state index in [1.54, 1.807) is 39.3 Å². The molecule has 0 fully saturated rings. The number of nitrogens with one attached hydrogen (secondary N) is 2. The van der Waals surface area contributed by atoms with Crippen LogP contribution >= 0.6 is 11.6 Å². The van der Waals surface area contributed by atoms with Crippen LogP contribution in [0.15, 0.2) is 42.5 Å². The first-order valence-corrected chi connectivity index (χ1v) is 8.43. The number of halogens is 2. The van der Waals surface area contributed by atoms with E-state index in [4.69, 9.17) is 21.1 Å². The van der Waals surface area contributed by atoms with E-state index < -0.39 is 5.82 Å². The van der Waals surface area contributed by atoms with Gasteiger partial charge >= 0.3 is 0 Å². The molecule has 0 bridgehead atoms. The molecular formula is C19H18ClFN4O2. The third-order valence-electron chi connectivity index (χ3n) is 3.70. The average molecular weight is 389 g/mol. The molecule has 1 aromatic heterocycles. The lowest BCUT2D eigenvalue weighted by atomic mass is 10.2. The number of rotatable bonds is 6. The Bertz CT molecular complexity index is 968. The highest BCUT2D eigenvalue weighted by molar-refractivity contribution is 6.31. The van der Waals surface area contributed by atoms with Crippen molar-refractivity contribution < 1.29 is 13.9 Å². The number of hydrogen-bond donors (Lipinski definition) is 2. The Hall–Kier alpha value is -3.06. The Balaban J connectivity index is 1.86. The summed E-state index contributed by atoms with van der Waals surface area (Å²) in [7, 11) is 3.17. The van der Waals surface area contributed by atoms with E-state index in [1.165, 1.54) is 12.1 Å². The first kappa shape index (κ1) is 18.7. The number of aryl methyl sites for hydroxylation is 1. The molecular weight excluding hydrogens is 371 g/mol. The zero-order valence-electron chi connectivity index (χ0n) is 15.0. The summed E-state index contributed by atoms with van der Waals surface area (Å²) in [5, 5.41) is 6.33. The van der Waals surface area contributed by atoms with Crippen LogP contribution in [0.25, 0.3) is 0 Å². The summed E-state index contributed by atoms with van der Waals surface area (Å²) in [5.74, 6) is 2.50. The van der Waals surface area contributed by atoms with E-state index in [-0.39, 0.29) is 5.02 Å². The summed E-state index contributed by atoms with van der Waals surface area (Å²) in [5.41, 5.74) is 1.35. The Kier molecular flexibility index (Phi) is 5.61. The van der Waals surface area contributed by atoms with Crippen LogP contribution in [-0.4, -0.2) is 24.2 Å². The van der Waals surface area contributed by atoms with Crippen molar-refractivity contribution in [3.63, 3.8) is 0 Å². The van der Waals surface area contributed by atoms with Crippen molar-refractivity contribution in [2.75, 3.05) is 24.9 Å². The van der Waals surface area contributed by atoms with E-state index in [9.17, 15) is 4.39 Å². The summed E-state index contributed by atoms with van der Waals surface area (Å²) in [4.78, 5) is 8.73. The molecule has 140 valence electrons. The normalized spacial score (nSPS) is 10.4. The Morgan fingerprint density at radius 1 is 0.926 bits per heavy atom. The second kappa shape index (κ2) is 8.09.